The van der Waals surface area contributed by atoms with E-state index < -0.39 is 0 Å². The van der Waals surface area contributed by atoms with Crippen molar-refractivity contribution in [2.75, 3.05) is 18.0 Å². The van der Waals surface area contributed by atoms with E-state index in [4.69, 9.17) is 4.98 Å². The van der Waals surface area contributed by atoms with Crippen LogP contribution in [0.25, 0.3) is 11.3 Å². The first kappa shape index (κ1) is 17.5. The van der Waals surface area contributed by atoms with E-state index >= 15 is 0 Å². The number of pyridine rings is 1. The Morgan fingerprint density at radius 1 is 1.04 bits per heavy atom. The van der Waals surface area contributed by atoms with Crippen molar-refractivity contribution in [3.63, 3.8) is 0 Å². The van der Waals surface area contributed by atoms with Gasteiger partial charge in [0, 0.05) is 61.1 Å². The predicted molar refractivity (Wildman–Crippen MR) is 109 cm³/mol. The van der Waals surface area contributed by atoms with Gasteiger partial charge in [-0.2, -0.15) is 9.47 Å². The molecule has 0 radical (unpaired) electrons. The molecule has 1 saturated heterocycles. The smallest absolute Gasteiger partial charge is 0.266 e. The summed E-state index contributed by atoms with van der Waals surface area (Å²) in [6.07, 6.45) is 8.02. The molecule has 0 N–H and O–H groups in total. The van der Waals surface area contributed by atoms with E-state index in [2.05, 4.69) is 19.4 Å². The van der Waals surface area contributed by atoms with Gasteiger partial charge in [0.15, 0.2) is 0 Å². The lowest BCUT2D eigenvalue weighted by Crippen LogP contribution is -2.36. The summed E-state index contributed by atoms with van der Waals surface area (Å²) >= 11 is 1.52. The van der Waals surface area contributed by atoms with Gasteiger partial charge in [0.05, 0.1) is 5.69 Å². The van der Waals surface area contributed by atoms with Gasteiger partial charge in [-0.25, -0.2) is 9.67 Å². The van der Waals surface area contributed by atoms with Crippen molar-refractivity contribution in [1.82, 2.24) is 24.1 Å². The van der Waals surface area contributed by atoms with Crippen molar-refractivity contribution in [2.45, 2.75) is 38.1 Å². The van der Waals surface area contributed by atoms with Crippen LogP contribution in [0.3, 0.4) is 0 Å². The Balaban J connectivity index is 1.24. The van der Waals surface area contributed by atoms with Gasteiger partial charge >= 0.3 is 0 Å². The van der Waals surface area contributed by atoms with Crippen LogP contribution in [0.4, 0.5) is 5.13 Å². The molecule has 144 valence electrons. The monoisotopic (exact) mass is 394 g/mol. The second kappa shape index (κ2) is 7.43. The summed E-state index contributed by atoms with van der Waals surface area (Å²) in [5, 5.41) is 5.64. The van der Waals surface area contributed by atoms with Gasteiger partial charge in [-0.3, -0.25) is 9.78 Å². The first-order chi connectivity index (χ1) is 13.8. The minimum atomic E-state index is -0.0431. The SMILES string of the molecule is O=c1ccc(-c2ccncc2)nn1CC1CCN(c2nc(C3CC3)ns2)CC1. The molecule has 2 fully saturated rings. The van der Waals surface area contributed by atoms with Crippen molar-refractivity contribution < 1.29 is 0 Å². The highest BCUT2D eigenvalue weighted by atomic mass is 32.1. The zero-order valence-corrected chi connectivity index (χ0v) is 16.4. The summed E-state index contributed by atoms with van der Waals surface area (Å²) in [6.45, 7) is 2.58. The van der Waals surface area contributed by atoms with E-state index in [0.29, 0.717) is 18.4 Å². The fraction of sp³-hybridized carbons (Fsp3) is 0.450. The van der Waals surface area contributed by atoms with Crippen LogP contribution in [-0.2, 0) is 6.54 Å². The van der Waals surface area contributed by atoms with E-state index in [1.807, 2.05) is 12.1 Å². The van der Waals surface area contributed by atoms with Gasteiger partial charge in [0.1, 0.15) is 5.82 Å². The van der Waals surface area contributed by atoms with Gasteiger partial charge < -0.3 is 4.90 Å². The molecule has 0 aromatic carbocycles. The third-order valence-corrected chi connectivity index (χ3v) is 6.32. The van der Waals surface area contributed by atoms with Crippen molar-refractivity contribution in [1.29, 1.82) is 0 Å². The molecule has 1 saturated carbocycles. The predicted octanol–water partition coefficient (Wildman–Crippen LogP) is 2.95. The highest BCUT2D eigenvalue weighted by Gasteiger charge is 2.29. The lowest BCUT2D eigenvalue weighted by atomic mass is 9.97. The first-order valence-corrected chi connectivity index (χ1v) is 10.6. The van der Waals surface area contributed by atoms with Gasteiger partial charge in [-0.15, -0.1) is 0 Å². The average molecular weight is 395 g/mol. The second-order valence-electron chi connectivity index (χ2n) is 7.61. The second-order valence-corrected chi connectivity index (χ2v) is 8.34. The first-order valence-electron chi connectivity index (χ1n) is 9.83. The summed E-state index contributed by atoms with van der Waals surface area (Å²) < 4.78 is 6.14. The molecule has 8 heteroatoms. The van der Waals surface area contributed by atoms with Crippen molar-refractivity contribution in [3.8, 4) is 11.3 Å². The largest absolute Gasteiger partial charge is 0.347 e. The molecule has 0 bridgehead atoms. The number of hydrogen-bond acceptors (Lipinski definition) is 7. The zero-order valence-electron chi connectivity index (χ0n) is 15.6. The summed E-state index contributed by atoms with van der Waals surface area (Å²) in [7, 11) is 0. The molecule has 1 aliphatic carbocycles. The van der Waals surface area contributed by atoms with Crippen LogP contribution in [0.15, 0.2) is 41.5 Å². The molecule has 0 unspecified atom stereocenters. The van der Waals surface area contributed by atoms with E-state index in [1.165, 1.54) is 24.4 Å². The Labute approximate surface area is 167 Å². The molecule has 2 aliphatic rings. The maximum atomic E-state index is 12.3. The topological polar surface area (TPSA) is 76.8 Å². The van der Waals surface area contributed by atoms with Gasteiger partial charge in [0.25, 0.3) is 5.56 Å². The number of anilines is 1. The highest BCUT2D eigenvalue weighted by Crippen LogP contribution is 2.40. The van der Waals surface area contributed by atoms with Crippen LogP contribution in [0, 0.1) is 5.92 Å². The Morgan fingerprint density at radius 3 is 2.57 bits per heavy atom. The molecule has 0 amide bonds. The molecule has 3 aromatic rings. The van der Waals surface area contributed by atoms with Crippen molar-refractivity contribution >= 4 is 16.7 Å². The van der Waals surface area contributed by atoms with Crippen molar-refractivity contribution in [2.24, 2.45) is 5.92 Å². The van der Waals surface area contributed by atoms with Crippen LogP contribution in [-0.4, -0.2) is 37.2 Å². The molecule has 0 spiro atoms. The van der Waals surface area contributed by atoms with E-state index in [9.17, 15) is 4.79 Å². The summed E-state index contributed by atoms with van der Waals surface area (Å²) in [4.78, 5) is 23.4. The fourth-order valence-corrected chi connectivity index (χ4v) is 4.47. The quantitative estimate of drug-likeness (QED) is 0.662. The van der Waals surface area contributed by atoms with E-state index in [1.54, 1.807) is 29.2 Å². The molecule has 0 atom stereocenters. The maximum absolute atomic E-state index is 12.3. The Bertz CT molecular complexity index is 1000. The molecular formula is C20H22N6OS. The number of rotatable bonds is 5. The molecule has 3 aromatic heterocycles. The third kappa shape index (κ3) is 3.69. The summed E-state index contributed by atoms with van der Waals surface area (Å²) in [6, 6.07) is 7.21. The zero-order chi connectivity index (χ0) is 18.9. The average Bonchev–Trinajstić information content (AvgIpc) is 3.48. The Morgan fingerprint density at radius 2 is 1.82 bits per heavy atom. The molecule has 4 heterocycles. The molecule has 7 nitrogen and oxygen atoms in total. The van der Waals surface area contributed by atoms with Crippen molar-refractivity contribution in [3.05, 3.63) is 52.8 Å². The molecular weight excluding hydrogens is 372 g/mol. The van der Waals surface area contributed by atoms with Gasteiger partial charge in [0.2, 0.25) is 5.13 Å². The molecule has 28 heavy (non-hydrogen) atoms. The Hall–Kier alpha value is -2.61. The fourth-order valence-electron chi connectivity index (χ4n) is 3.67. The van der Waals surface area contributed by atoms with E-state index in [0.717, 1.165) is 48.1 Å². The number of nitrogens with zero attached hydrogens (tertiary/aromatic N) is 6. The standard InChI is InChI=1S/C20H22N6OS/c27-18-4-3-17(15-5-9-21-10-6-15)23-26(18)13-14-7-11-25(12-8-14)20-22-19(24-28-20)16-1-2-16/h3-6,9-10,14,16H,1-2,7-8,11-13H2. The van der Waals surface area contributed by atoms with Crippen LogP contribution in [0.2, 0.25) is 0 Å². The minimum Gasteiger partial charge on any atom is -0.347 e. The van der Waals surface area contributed by atoms with Gasteiger partial charge in [-0.05, 0) is 49.8 Å². The number of piperidine rings is 1. The minimum absolute atomic E-state index is 0.0431. The number of hydrogen-bond donors (Lipinski definition) is 0. The van der Waals surface area contributed by atoms with Crippen LogP contribution in [0.1, 0.15) is 37.4 Å². The number of aromatic nitrogens is 5. The maximum Gasteiger partial charge on any atom is 0.266 e. The molecule has 1 aliphatic heterocycles. The van der Waals surface area contributed by atoms with Crippen LogP contribution < -0.4 is 10.5 Å². The highest BCUT2D eigenvalue weighted by molar-refractivity contribution is 7.09. The normalized spacial score (nSPS) is 17.8. The van der Waals surface area contributed by atoms with Crippen LogP contribution in [0.5, 0.6) is 0 Å². The lowest BCUT2D eigenvalue weighted by Gasteiger charge is -2.31. The van der Waals surface area contributed by atoms with Gasteiger partial charge in [-0.1, -0.05) is 0 Å². The molecule has 5 rings (SSSR count). The summed E-state index contributed by atoms with van der Waals surface area (Å²) in [5.41, 5.74) is 1.74. The van der Waals surface area contributed by atoms with Crippen LogP contribution >= 0.6 is 11.5 Å². The third-order valence-electron chi connectivity index (χ3n) is 5.53. The lowest BCUT2D eigenvalue weighted by molar-refractivity contribution is 0.335. The Kier molecular flexibility index (Phi) is 4.64. The van der Waals surface area contributed by atoms with E-state index in [-0.39, 0.29) is 5.56 Å². The summed E-state index contributed by atoms with van der Waals surface area (Å²) in [5.74, 6) is 2.09.